The summed E-state index contributed by atoms with van der Waals surface area (Å²) in [6.45, 7) is 3.67. The topological polar surface area (TPSA) is 81.7 Å². The molecule has 0 aliphatic carbocycles. The van der Waals surface area contributed by atoms with Crippen molar-refractivity contribution in [2.45, 2.75) is 31.5 Å². The van der Waals surface area contributed by atoms with E-state index < -0.39 is 6.67 Å². The molecule has 9 nitrogen and oxygen atoms in total. The van der Waals surface area contributed by atoms with E-state index in [1.807, 2.05) is 39.5 Å². The molecule has 0 radical (unpaired) electrons. The lowest BCUT2D eigenvalue weighted by Gasteiger charge is -2.41. The summed E-state index contributed by atoms with van der Waals surface area (Å²) < 4.78 is 27.6. The van der Waals surface area contributed by atoms with Crippen molar-refractivity contribution in [1.29, 1.82) is 0 Å². The molecule has 2 aliphatic rings. The Morgan fingerprint density at radius 2 is 2.06 bits per heavy atom. The van der Waals surface area contributed by atoms with Crippen LogP contribution in [0.2, 0.25) is 0 Å². The van der Waals surface area contributed by atoms with Gasteiger partial charge in [-0.25, -0.2) is 13.9 Å². The highest BCUT2D eigenvalue weighted by atomic mass is 19.1. The predicted molar refractivity (Wildman–Crippen MR) is 127 cm³/mol. The highest BCUT2D eigenvalue weighted by Crippen LogP contribution is 2.33. The zero-order valence-corrected chi connectivity index (χ0v) is 19.2. The van der Waals surface area contributed by atoms with Gasteiger partial charge in [-0.2, -0.15) is 4.98 Å². The van der Waals surface area contributed by atoms with E-state index in [9.17, 15) is 4.39 Å². The number of aryl methyl sites for hydroxylation is 1. The fourth-order valence-corrected chi connectivity index (χ4v) is 4.95. The van der Waals surface area contributed by atoms with E-state index >= 15 is 0 Å². The molecule has 0 bridgehead atoms. The van der Waals surface area contributed by atoms with Crippen LogP contribution in [0.5, 0.6) is 5.88 Å². The molecule has 1 N–H and O–H groups in total. The van der Waals surface area contributed by atoms with Gasteiger partial charge in [-0.1, -0.05) is 6.07 Å². The van der Waals surface area contributed by atoms with Crippen molar-refractivity contribution in [1.82, 2.24) is 29.0 Å². The summed E-state index contributed by atoms with van der Waals surface area (Å²) in [4.78, 5) is 11.6. The van der Waals surface area contributed by atoms with E-state index in [-0.39, 0.29) is 6.54 Å². The van der Waals surface area contributed by atoms with Crippen molar-refractivity contribution >= 4 is 22.5 Å². The molecule has 0 spiro atoms. The monoisotopic (exact) mass is 465 g/mol. The zero-order valence-electron chi connectivity index (χ0n) is 19.2. The van der Waals surface area contributed by atoms with Gasteiger partial charge in [0.15, 0.2) is 0 Å². The molecule has 178 valence electrons. The third-order valence-corrected chi connectivity index (χ3v) is 6.93. The summed E-state index contributed by atoms with van der Waals surface area (Å²) in [5.41, 5.74) is 4.46. The van der Waals surface area contributed by atoms with Crippen LogP contribution >= 0.6 is 0 Å². The Balaban J connectivity index is 1.27. The zero-order chi connectivity index (χ0) is 23.1. The number of nitrogens with zero attached hydrogens (tertiary/aromatic N) is 6. The minimum absolute atomic E-state index is 0.283. The second-order valence-electron chi connectivity index (χ2n) is 8.94. The first-order valence-corrected chi connectivity index (χ1v) is 11.8. The Morgan fingerprint density at radius 3 is 2.79 bits per heavy atom. The maximum absolute atomic E-state index is 12.9. The number of fused-ring (bicyclic) bond motifs is 2. The summed E-state index contributed by atoms with van der Waals surface area (Å²) >= 11 is 0. The SMILES string of the molecule is COc1nc(NC2CCN(C3COC3)CC2)nn2ccc(-c3ccc4ncn(CCF)c4c3)c12. The van der Waals surface area contributed by atoms with Crippen LogP contribution in [-0.4, -0.2) is 81.2 Å². The molecule has 10 heteroatoms. The third-order valence-electron chi connectivity index (χ3n) is 6.93. The fourth-order valence-electron chi connectivity index (χ4n) is 4.95. The fraction of sp³-hybridized carbons (Fsp3) is 0.458. The number of aromatic nitrogens is 5. The number of alkyl halides is 1. The molecule has 3 aromatic heterocycles. The summed E-state index contributed by atoms with van der Waals surface area (Å²) in [6, 6.07) is 8.91. The van der Waals surface area contributed by atoms with E-state index in [4.69, 9.17) is 14.6 Å². The molecule has 5 heterocycles. The highest BCUT2D eigenvalue weighted by Gasteiger charge is 2.30. The van der Waals surface area contributed by atoms with Gasteiger partial charge in [-0.15, -0.1) is 5.10 Å². The average Bonchev–Trinajstić information content (AvgIpc) is 3.43. The third kappa shape index (κ3) is 3.76. The smallest absolute Gasteiger partial charge is 0.244 e. The van der Waals surface area contributed by atoms with Crippen molar-refractivity contribution in [2.24, 2.45) is 0 Å². The second-order valence-corrected chi connectivity index (χ2v) is 8.94. The summed E-state index contributed by atoms with van der Waals surface area (Å²) in [5, 5.41) is 8.22. The number of piperidine rings is 1. The van der Waals surface area contributed by atoms with Crippen LogP contribution in [0.3, 0.4) is 0 Å². The van der Waals surface area contributed by atoms with Crippen molar-refractivity contribution in [2.75, 3.05) is 45.4 Å². The molecule has 2 saturated heterocycles. The minimum Gasteiger partial charge on any atom is -0.479 e. The Kier molecular flexibility index (Phi) is 5.54. The molecule has 34 heavy (non-hydrogen) atoms. The van der Waals surface area contributed by atoms with Crippen LogP contribution in [0.15, 0.2) is 36.8 Å². The molecule has 2 fully saturated rings. The Labute approximate surface area is 196 Å². The second kappa shape index (κ2) is 8.84. The van der Waals surface area contributed by atoms with Crippen molar-refractivity contribution in [3.63, 3.8) is 0 Å². The van der Waals surface area contributed by atoms with Gasteiger partial charge >= 0.3 is 0 Å². The Morgan fingerprint density at radius 1 is 1.21 bits per heavy atom. The van der Waals surface area contributed by atoms with Crippen LogP contribution < -0.4 is 10.1 Å². The number of benzene rings is 1. The lowest BCUT2D eigenvalue weighted by molar-refractivity contribution is -0.0705. The van der Waals surface area contributed by atoms with Gasteiger partial charge in [0.2, 0.25) is 11.8 Å². The number of methoxy groups -OCH3 is 1. The van der Waals surface area contributed by atoms with Gasteiger partial charge in [0.25, 0.3) is 0 Å². The molecule has 0 saturated carbocycles. The number of hydrogen-bond acceptors (Lipinski definition) is 7. The molecule has 0 unspecified atom stereocenters. The minimum atomic E-state index is -0.434. The van der Waals surface area contributed by atoms with Gasteiger partial charge in [0.05, 0.1) is 50.3 Å². The lowest BCUT2D eigenvalue weighted by atomic mass is 10.0. The quantitative estimate of drug-likeness (QED) is 0.449. The number of anilines is 1. The molecule has 1 aromatic carbocycles. The van der Waals surface area contributed by atoms with E-state index in [1.54, 1.807) is 13.4 Å². The Hall–Kier alpha value is -3.24. The van der Waals surface area contributed by atoms with Gasteiger partial charge < -0.3 is 19.4 Å². The summed E-state index contributed by atoms with van der Waals surface area (Å²) in [6.07, 6.45) is 5.69. The number of nitrogens with one attached hydrogen (secondary N) is 1. The Bertz CT molecular complexity index is 1310. The van der Waals surface area contributed by atoms with Crippen LogP contribution in [0.4, 0.5) is 10.3 Å². The number of ether oxygens (including phenoxy) is 2. The van der Waals surface area contributed by atoms with Gasteiger partial charge in [-0.3, -0.25) is 4.90 Å². The van der Waals surface area contributed by atoms with Crippen LogP contribution in [0.25, 0.3) is 27.7 Å². The highest BCUT2D eigenvalue weighted by molar-refractivity contribution is 5.89. The van der Waals surface area contributed by atoms with E-state index in [2.05, 4.69) is 20.2 Å². The van der Waals surface area contributed by atoms with Gasteiger partial charge in [-0.05, 0) is 36.6 Å². The average molecular weight is 466 g/mol. The predicted octanol–water partition coefficient (Wildman–Crippen LogP) is 3.00. The maximum atomic E-state index is 12.9. The van der Waals surface area contributed by atoms with Crippen LogP contribution in [0, 0.1) is 0 Å². The summed E-state index contributed by atoms with van der Waals surface area (Å²) in [7, 11) is 1.63. The van der Waals surface area contributed by atoms with Gasteiger partial charge in [0.1, 0.15) is 12.2 Å². The molecule has 0 atom stereocenters. The number of imidazole rings is 1. The number of likely N-dealkylation sites (tertiary alicyclic amines) is 1. The van der Waals surface area contributed by atoms with E-state index in [0.717, 1.165) is 66.8 Å². The summed E-state index contributed by atoms with van der Waals surface area (Å²) in [5.74, 6) is 1.08. The van der Waals surface area contributed by atoms with E-state index in [0.29, 0.717) is 23.9 Å². The van der Waals surface area contributed by atoms with Crippen LogP contribution in [0.1, 0.15) is 12.8 Å². The van der Waals surface area contributed by atoms with Crippen LogP contribution in [-0.2, 0) is 11.3 Å². The van der Waals surface area contributed by atoms with E-state index in [1.165, 1.54) is 0 Å². The molecule has 0 amide bonds. The number of halogens is 1. The largest absolute Gasteiger partial charge is 0.479 e. The number of hydrogen-bond donors (Lipinski definition) is 1. The molecule has 4 aromatic rings. The molecular formula is C24H28FN7O2. The molecule has 6 rings (SSSR count). The van der Waals surface area contributed by atoms with Gasteiger partial charge in [0, 0.05) is 30.9 Å². The van der Waals surface area contributed by atoms with Crippen molar-refractivity contribution < 1.29 is 13.9 Å². The first-order chi connectivity index (χ1) is 16.7. The molecular weight excluding hydrogens is 437 g/mol. The first kappa shape index (κ1) is 21.3. The number of rotatable bonds is 7. The standard InChI is InChI=1S/C24H28FN7O2/c1-33-23-22-19(16-2-3-20-21(12-16)31(11-7-25)15-26-20)6-10-32(22)29-24(28-23)27-17-4-8-30(9-5-17)18-13-34-14-18/h2-3,6,10,12,15,17-18H,4-5,7-9,11,13-14H2,1H3,(H,27,29). The lowest BCUT2D eigenvalue weighted by Crippen LogP contribution is -2.53. The molecule has 2 aliphatic heterocycles. The van der Waals surface area contributed by atoms with Crippen molar-refractivity contribution in [3.8, 4) is 17.0 Å². The van der Waals surface area contributed by atoms with Crippen molar-refractivity contribution in [3.05, 3.63) is 36.8 Å². The first-order valence-electron chi connectivity index (χ1n) is 11.8. The maximum Gasteiger partial charge on any atom is 0.244 e. The normalized spacial score (nSPS) is 17.9.